The van der Waals surface area contributed by atoms with E-state index in [0.29, 0.717) is 34.7 Å². The normalized spacial score (nSPS) is 19.8. The van der Waals surface area contributed by atoms with Crippen molar-refractivity contribution >= 4 is 39.8 Å². The third-order valence-electron chi connectivity index (χ3n) is 6.08. The van der Waals surface area contributed by atoms with Gasteiger partial charge in [0, 0.05) is 10.6 Å². The molecule has 2 atom stereocenters. The Morgan fingerprint density at radius 3 is 2.39 bits per heavy atom. The van der Waals surface area contributed by atoms with Crippen LogP contribution in [0.25, 0.3) is 0 Å². The van der Waals surface area contributed by atoms with Crippen molar-refractivity contribution in [2.45, 2.75) is 44.9 Å². The molecule has 1 saturated carbocycles. The Hall–Kier alpha value is -3.18. The van der Waals surface area contributed by atoms with E-state index in [2.05, 4.69) is 10.6 Å². The number of thiophene rings is 1. The number of amides is 2. The van der Waals surface area contributed by atoms with Crippen molar-refractivity contribution in [2.75, 3.05) is 10.6 Å². The summed E-state index contributed by atoms with van der Waals surface area (Å²) in [7, 11) is 0. The number of nitrogens with one attached hydrogen (secondary N) is 2. The number of hydrogen-bond acceptors (Lipinski definition) is 5. The fourth-order valence-corrected chi connectivity index (χ4v) is 5.79. The summed E-state index contributed by atoms with van der Waals surface area (Å²) >= 11 is 1.41. The average Bonchev–Trinajstić information content (AvgIpc) is 3.35. The van der Waals surface area contributed by atoms with Crippen molar-refractivity contribution in [3.63, 3.8) is 0 Å². The number of carbonyl (C=O) groups is 3. The highest BCUT2D eigenvalue weighted by molar-refractivity contribution is 7.17. The van der Waals surface area contributed by atoms with Gasteiger partial charge in [-0.3, -0.25) is 14.4 Å². The molecule has 4 rings (SSSR count). The molecule has 2 amide bonds. The van der Waals surface area contributed by atoms with Gasteiger partial charge in [0.05, 0.1) is 29.0 Å². The Labute approximate surface area is 184 Å². The van der Waals surface area contributed by atoms with E-state index >= 15 is 0 Å². The SMILES string of the molecule is N#Cc1ccc(NC(=O)c2c(NC(=O)C3CCCCC3C(=O)O)sc3c2CCC3)cc1. The minimum atomic E-state index is -0.938. The Balaban J connectivity index is 1.57. The maximum Gasteiger partial charge on any atom is 0.307 e. The molecule has 2 aromatic rings. The molecule has 0 aliphatic heterocycles. The highest BCUT2D eigenvalue weighted by Crippen LogP contribution is 2.40. The second kappa shape index (κ2) is 8.90. The zero-order valence-corrected chi connectivity index (χ0v) is 17.8. The zero-order valence-electron chi connectivity index (χ0n) is 16.9. The summed E-state index contributed by atoms with van der Waals surface area (Å²) in [5.74, 6) is -2.83. The minimum absolute atomic E-state index is 0.308. The molecule has 2 aliphatic rings. The van der Waals surface area contributed by atoms with Crippen molar-refractivity contribution in [2.24, 2.45) is 11.8 Å². The number of nitriles is 1. The number of nitrogens with zero attached hydrogens (tertiary/aromatic N) is 1. The number of carboxylic acids is 1. The topological polar surface area (TPSA) is 119 Å². The Bertz CT molecular complexity index is 1070. The van der Waals surface area contributed by atoms with Crippen LogP contribution in [0, 0.1) is 23.2 Å². The molecule has 0 radical (unpaired) electrons. The Morgan fingerprint density at radius 2 is 1.71 bits per heavy atom. The fourth-order valence-electron chi connectivity index (χ4n) is 4.50. The second-order valence-electron chi connectivity index (χ2n) is 8.03. The van der Waals surface area contributed by atoms with Crippen LogP contribution in [0.15, 0.2) is 24.3 Å². The number of carbonyl (C=O) groups excluding carboxylic acids is 2. The van der Waals surface area contributed by atoms with Crippen LogP contribution in [-0.4, -0.2) is 22.9 Å². The fraction of sp³-hybridized carbons (Fsp3) is 0.391. The molecule has 2 unspecified atom stereocenters. The molecule has 1 aromatic heterocycles. The molecule has 7 nitrogen and oxygen atoms in total. The van der Waals surface area contributed by atoms with Gasteiger partial charge < -0.3 is 15.7 Å². The molecular weight excluding hydrogens is 414 g/mol. The monoisotopic (exact) mass is 437 g/mol. The van der Waals surface area contributed by atoms with E-state index < -0.39 is 17.8 Å². The third kappa shape index (κ3) is 4.32. The van der Waals surface area contributed by atoms with Gasteiger partial charge in [-0.25, -0.2) is 0 Å². The summed E-state index contributed by atoms with van der Waals surface area (Å²) in [4.78, 5) is 38.8. The molecule has 2 aliphatic carbocycles. The molecule has 160 valence electrons. The number of hydrogen-bond donors (Lipinski definition) is 3. The molecule has 0 spiro atoms. The maximum absolute atomic E-state index is 13.1. The van der Waals surface area contributed by atoms with Gasteiger partial charge in [-0.2, -0.15) is 5.26 Å². The Morgan fingerprint density at radius 1 is 1.00 bits per heavy atom. The van der Waals surface area contributed by atoms with E-state index in [1.54, 1.807) is 24.3 Å². The van der Waals surface area contributed by atoms with Crippen LogP contribution in [0.2, 0.25) is 0 Å². The second-order valence-corrected chi connectivity index (χ2v) is 9.13. The molecule has 1 aromatic carbocycles. The van der Waals surface area contributed by atoms with Gasteiger partial charge in [0.1, 0.15) is 5.00 Å². The molecule has 0 bridgehead atoms. The molecule has 31 heavy (non-hydrogen) atoms. The molecule has 0 saturated heterocycles. The number of aryl methyl sites for hydroxylation is 1. The van der Waals surface area contributed by atoms with Crippen molar-refractivity contribution in [1.29, 1.82) is 5.26 Å². The van der Waals surface area contributed by atoms with Crippen LogP contribution >= 0.6 is 11.3 Å². The van der Waals surface area contributed by atoms with E-state index in [1.807, 2.05) is 6.07 Å². The lowest BCUT2D eigenvalue weighted by atomic mass is 9.79. The van der Waals surface area contributed by atoms with E-state index in [1.165, 1.54) is 11.3 Å². The lowest BCUT2D eigenvalue weighted by Crippen LogP contribution is -2.36. The van der Waals surface area contributed by atoms with E-state index in [-0.39, 0.29) is 11.8 Å². The van der Waals surface area contributed by atoms with E-state index in [0.717, 1.165) is 42.5 Å². The standard InChI is InChI=1S/C23H23N3O4S/c24-12-13-8-10-14(11-9-13)25-21(28)19-17-6-3-7-18(17)31-22(19)26-20(27)15-4-1-2-5-16(15)23(29)30/h8-11,15-16H,1-7H2,(H,25,28)(H,26,27)(H,29,30). The third-order valence-corrected chi connectivity index (χ3v) is 7.28. The lowest BCUT2D eigenvalue weighted by Gasteiger charge is -2.27. The number of fused-ring (bicyclic) bond motifs is 1. The Kier molecular flexibility index (Phi) is 6.05. The van der Waals surface area contributed by atoms with Gasteiger partial charge >= 0.3 is 5.97 Å². The maximum atomic E-state index is 13.1. The molecule has 3 N–H and O–H groups in total. The highest BCUT2D eigenvalue weighted by Gasteiger charge is 2.37. The van der Waals surface area contributed by atoms with Gasteiger partial charge in [-0.15, -0.1) is 11.3 Å². The van der Waals surface area contributed by atoms with E-state index in [9.17, 15) is 19.5 Å². The first-order valence-corrected chi connectivity index (χ1v) is 11.3. The molecule has 8 heteroatoms. The molecule has 1 heterocycles. The van der Waals surface area contributed by atoms with Crippen LogP contribution < -0.4 is 10.6 Å². The van der Waals surface area contributed by atoms with Crippen LogP contribution in [0.5, 0.6) is 0 Å². The summed E-state index contributed by atoms with van der Waals surface area (Å²) in [6.07, 6.45) is 5.30. The van der Waals surface area contributed by atoms with Crippen molar-refractivity contribution < 1.29 is 19.5 Å². The number of anilines is 2. The van der Waals surface area contributed by atoms with Crippen LogP contribution in [0.4, 0.5) is 10.7 Å². The summed E-state index contributed by atoms with van der Waals surface area (Å²) in [5, 5.41) is 24.7. The predicted molar refractivity (Wildman–Crippen MR) is 117 cm³/mol. The van der Waals surface area contributed by atoms with Crippen molar-refractivity contribution in [3.05, 3.63) is 45.8 Å². The first kappa shape index (κ1) is 21.1. The minimum Gasteiger partial charge on any atom is -0.481 e. The quantitative estimate of drug-likeness (QED) is 0.648. The van der Waals surface area contributed by atoms with Crippen LogP contribution in [-0.2, 0) is 22.4 Å². The zero-order chi connectivity index (χ0) is 22.0. The number of carboxylic acid groups (broad SMARTS) is 1. The van der Waals surface area contributed by atoms with Gasteiger partial charge in [-0.05, 0) is 61.9 Å². The smallest absolute Gasteiger partial charge is 0.307 e. The predicted octanol–water partition coefficient (Wildman–Crippen LogP) is 4.19. The van der Waals surface area contributed by atoms with Gasteiger partial charge in [0.15, 0.2) is 0 Å². The lowest BCUT2D eigenvalue weighted by molar-refractivity contribution is -0.147. The molecule has 1 fully saturated rings. The highest BCUT2D eigenvalue weighted by atomic mass is 32.1. The van der Waals surface area contributed by atoms with E-state index in [4.69, 9.17) is 5.26 Å². The van der Waals surface area contributed by atoms with Gasteiger partial charge in [-0.1, -0.05) is 12.8 Å². The van der Waals surface area contributed by atoms with Crippen LogP contribution in [0.3, 0.4) is 0 Å². The number of aliphatic carboxylic acids is 1. The first-order valence-electron chi connectivity index (χ1n) is 10.5. The summed E-state index contributed by atoms with van der Waals surface area (Å²) in [6.45, 7) is 0. The summed E-state index contributed by atoms with van der Waals surface area (Å²) in [5.41, 5.74) is 2.50. The first-order chi connectivity index (χ1) is 15.0. The van der Waals surface area contributed by atoms with Crippen LogP contribution in [0.1, 0.15) is 58.5 Å². The largest absolute Gasteiger partial charge is 0.481 e. The van der Waals surface area contributed by atoms with Crippen molar-refractivity contribution in [1.82, 2.24) is 0 Å². The van der Waals surface area contributed by atoms with Crippen molar-refractivity contribution in [3.8, 4) is 6.07 Å². The molecular formula is C23H23N3O4S. The summed E-state index contributed by atoms with van der Waals surface area (Å²) in [6, 6.07) is 8.64. The van der Waals surface area contributed by atoms with Gasteiger partial charge in [0.25, 0.3) is 5.91 Å². The average molecular weight is 438 g/mol. The summed E-state index contributed by atoms with van der Waals surface area (Å²) < 4.78 is 0. The number of rotatable bonds is 5. The number of benzene rings is 1. The van der Waals surface area contributed by atoms with Gasteiger partial charge in [0.2, 0.25) is 5.91 Å².